The second kappa shape index (κ2) is 3.86. The summed E-state index contributed by atoms with van der Waals surface area (Å²) in [6.45, 7) is 3.30. The molecule has 0 bridgehead atoms. The summed E-state index contributed by atoms with van der Waals surface area (Å²) in [5.74, 6) is 0.250. The average Bonchev–Trinajstić information content (AvgIpc) is 2.18. The zero-order chi connectivity index (χ0) is 9.97. The first kappa shape index (κ1) is 9.31. The molecule has 14 heavy (non-hydrogen) atoms. The van der Waals surface area contributed by atoms with Crippen molar-refractivity contribution in [1.82, 2.24) is 4.98 Å². The van der Waals surface area contributed by atoms with Crippen LogP contribution < -0.4 is 4.90 Å². The van der Waals surface area contributed by atoms with Crippen molar-refractivity contribution in [2.75, 3.05) is 11.4 Å². The number of anilines is 1. The van der Waals surface area contributed by atoms with Gasteiger partial charge in [0.25, 0.3) is 0 Å². The molecule has 1 aliphatic heterocycles. The van der Waals surface area contributed by atoms with E-state index in [0.29, 0.717) is 6.04 Å². The second-order valence-electron chi connectivity index (χ2n) is 3.94. The molecule has 0 radical (unpaired) electrons. The lowest BCUT2D eigenvalue weighted by Crippen LogP contribution is -2.37. The normalized spacial score (nSPS) is 22.4. The Morgan fingerprint density at radius 2 is 2.29 bits per heavy atom. The Balaban J connectivity index is 2.20. The van der Waals surface area contributed by atoms with Crippen LogP contribution in [0.4, 0.5) is 5.69 Å². The molecule has 0 aromatic carbocycles. The third-order valence-electron chi connectivity index (χ3n) is 2.84. The maximum Gasteiger partial charge on any atom is 0.135 e. The molecule has 1 fully saturated rings. The van der Waals surface area contributed by atoms with Crippen LogP contribution >= 0.6 is 0 Å². The standard InChI is InChI=1S/C11H16N2O/c1-9-4-2-3-5-13(9)10-6-11(14)8-12-7-10/h6-9,14H,2-5H2,1H3. The molecule has 1 N–H and O–H groups in total. The fourth-order valence-corrected chi connectivity index (χ4v) is 2.05. The van der Waals surface area contributed by atoms with Crippen LogP contribution in [0.1, 0.15) is 26.2 Å². The summed E-state index contributed by atoms with van der Waals surface area (Å²) in [7, 11) is 0. The number of aromatic nitrogens is 1. The smallest absolute Gasteiger partial charge is 0.135 e. The number of rotatable bonds is 1. The highest BCUT2D eigenvalue weighted by atomic mass is 16.3. The van der Waals surface area contributed by atoms with Crippen LogP contribution in [-0.4, -0.2) is 22.7 Å². The van der Waals surface area contributed by atoms with Crippen molar-refractivity contribution >= 4 is 5.69 Å². The quantitative estimate of drug-likeness (QED) is 0.740. The Morgan fingerprint density at radius 1 is 1.43 bits per heavy atom. The van der Waals surface area contributed by atoms with E-state index < -0.39 is 0 Å². The Hall–Kier alpha value is -1.25. The molecule has 1 aliphatic rings. The van der Waals surface area contributed by atoms with E-state index in [-0.39, 0.29) is 5.75 Å². The van der Waals surface area contributed by atoms with Gasteiger partial charge in [-0.3, -0.25) is 4.98 Å². The molecule has 0 spiro atoms. The van der Waals surface area contributed by atoms with E-state index in [1.54, 1.807) is 6.07 Å². The maximum absolute atomic E-state index is 9.34. The number of aromatic hydroxyl groups is 1. The minimum absolute atomic E-state index is 0.250. The highest BCUT2D eigenvalue weighted by Crippen LogP contribution is 2.25. The Morgan fingerprint density at radius 3 is 3.00 bits per heavy atom. The van der Waals surface area contributed by atoms with E-state index >= 15 is 0 Å². The lowest BCUT2D eigenvalue weighted by molar-refractivity contribution is 0.466. The van der Waals surface area contributed by atoms with E-state index in [9.17, 15) is 5.11 Å². The molecule has 1 unspecified atom stereocenters. The summed E-state index contributed by atoms with van der Waals surface area (Å²) >= 11 is 0. The number of hydrogen-bond acceptors (Lipinski definition) is 3. The topological polar surface area (TPSA) is 36.4 Å². The Bertz CT molecular complexity index is 314. The molecule has 3 heteroatoms. The predicted octanol–water partition coefficient (Wildman–Crippen LogP) is 2.17. The molecule has 2 rings (SSSR count). The molecule has 1 aromatic heterocycles. The van der Waals surface area contributed by atoms with Crippen LogP contribution in [0.25, 0.3) is 0 Å². The zero-order valence-corrected chi connectivity index (χ0v) is 8.48. The molecule has 2 heterocycles. The lowest BCUT2D eigenvalue weighted by Gasteiger charge is -2.35. The minimum Gasteiger partial charge on any atom is -0.506 e. The van der Waals surface area contributed by atoms with E-state index in [2.05, 4.69) is 16.8 Å². The molecule has 0 saturated carbocycles. The predicted molar refractivity (Wildman–Crippen MR) is 56.6 cm³/mol. The fraction of sp³-hybridized carbons (Fsp3) is 0.545. The summed E-state index contributed by atoms with van der Waals surface area (Å²) in [5.41, 5.74) is 1.04. The maximum atomic E-state index is 9.34. The van der Waals surface area contributed by atoms with Crippen LogP contribution in [-0.2, 0) is 0 Å². The highest BCUT2D eigenvalue weighted by Gasteiger charge is 2.18. The molecule has 3 nitrogen and oxygen atoms in total. The van der Waals surface area contributed by atoms with Gasteiger partial charge in [0, 0.05) is 18.7 Å². The fourth-order valence-electron chi connectivity index (χ4n) is 2.05. The first-order valence-electron chi connectivity index (χ1n) is 5.18. The average molecular weight is 192 g/mol. The van der Waals surface area contributed by atoms with Gasteiger partial charge in [0.05, 0.1) is 18.1 Å². The molecule has 76 valence electrons. The summed E-state index contributed by atoms with van der Waals surface area (Å²) in [6.07, 6.45) is 7.07. The minimum atomic E-state index is 0.250. The van der Waals surface area contributed by atoms with Gasteiger partial charge in [-0.15, -0.1) is 0 Å². The zero-order valence-electron chi connectivity index (χ0n) is 8.48. The first-order valence-corrected chi connectivity index (χ1v) is 5.18. The Labute approximate surface area is 84.4 Å². The molecule has 0 amide bonds. The largest absolute Gasteiger partial charge is 0.506 e. The molecule has 1 saturated heterocycles. The molecule has 1 aromatic rings. The van der Waals surface area contributed by atoms with Gasteiger partial charge >= 0.3 is 0 Å². The second-order valence-corrected chi connectivity index (χ2v) is 3.94. The molecular weight excluding hydrogens is 176 g/mol. The summed E-state index contributed by atoms with van der Waals surface area (Å²) in [6, 6.07) is 2.35. The first-order chi connectivity index (χ1) is 6.77. The lowest BCUT2D eigenvalue weighted by atomic mass is 10.0. The van der Waals surface area contributed by atoms with Crippen molar-refractivity contribution in [3.05, 3.63) is 18.5 Å². The van der Waals surface area contributed by atoms with Gasteiger partial charge in [-0.05, 0) is 26.2 Å². The van der Waals surface area contributed by atoms with Gasteiger partial charge in [0.1, 0.15) is 5.75 Å². The number of piperidine rings is 1. The number of nitrogens with zero attached hydrogens (tertiary/aromatic N) is 2. The van der Waals surface area contributed by atoms with Gasteiger partial charge < -0.3 is 10.0 Å². The van der Waals surface area contributed by atoms with E-state index in [1.807, 2.05) is 6.20 Å². The van der Waals surface area contributed by atoms with Crippen LogP contribution in [0.2, 0.25) is 0 Å². The van der Waals surface area contributed by atoms with Gasteiger partial charge in [-0.1, -0.05) is 0 Å². The van der Waals surface area contributed by atoms with Gasteiger partial charge in [0.2, 0.25) is 0 Å². The highest BCUT2D eigenvalue weighted by molar-refractivity contribution is 5.48. The van der Waals surface area contributed by atoms with Crippen molar-refractivity contribution < 1.29 is 5.11 Å². The van der Waals surface area contributed by atoms with Gasteiger partial charge in [-0.25, -0.2) is 0 Å². The van der Waals surface area contributed by atoms with Crippen molar-refractivity contribution in [2.45, 2.75) is 32.2 Å². The van der Waals surface area contributed by atoms with Crippen LogP contribution in [0.15, 0.2) is 18.5 Å². The van der Waals surface area contributed by atoms with Crippen LogP contribution in [0.5, 0.6) is 5.75 Å². The van der Waals surface area contributed by atoms with Crippen molar-refractivity contribution in [3.63, 3.8) is 0 Å². The van der Waals surface area contributed by atoms with E-state index in [4.69, 9.17) is 0 Å². The van der Waals surface area contributed by atoms with Crippen molar-refractivity contribution in [1.29, 1.82) is 0 Å². The van der Waals surface area contributed by atoms with Crippen molar-refractivity contribution in [2.24, 2.45) is 0 Å². The number of pyridine rings is 1. The molecular formula is C11H16N2O. The third-order valence-corrected chi connectivity index (χ3v) is 2.84. The van der Waals surface area contributed by atoms with E-state index in [0.717, 1.165) is 12.2 Å². The monoisotopic (exact) mass is 192 g/mol. The Kier molecular flexibility index (Phi) is 2.57. The van der Waals surface area contributed by atoms with Crippen molar-refractivity contribution in [3.8, 4) is 5.75 Å². The number of hydrogen-bond donors (Lipinski definition) is 1. The van der Waals surface area contributed by atoms with Gasteiger partial charge in [-0.2, -0.15) is 0 Å². The van der Waals surface area contributed by atoms with Gasteiger partial charge in [0.15, 0.2) is 0 Å². The van der Waals surface area contributed by atoms with Crippen LogP contribution in [0, 0.1) is 0 Å². The molecule has 1 atom stereocenters. The summed E-state index contributed by atoms with van der Waals surface area (Å²) < 4.78 is 0. The van der Waals surface area contributed by atoms with E-state index in [1.165, 1.54) is 25.5 Å². The third kappa shape index (κ3) is 1.81. The summed E-state index contributed by atoms with van der Waals surface area (Å²) in [4.78, 5) is 6.32. The molecule has 0 aliphatic carbocycles. The van der Waals surface area contributed by atoms with Crippen LogP contribution in [0.3, 0.4) is 0 Å². The summed E-state index contributed by atoms with van der Waals surface area (Å²) in [5, 5.41) is 9.34. The SMILES string of the molecule is CC1CCCCN1c1cncc(O)c1.